The Hall–Kier alpha value is -0.390. The van der Waals surface area contributed by atoms with Crippen molar-refractivity contribution in [2.75, 3.05) is 13.2 Å². The number of nitrogens with two attached hydrogens (primary N) is 1. The van der Waals surface area contributed by atoms with Crippen LogP contribution in [0, 0.1) is 0 Å². The second-order valence-corrected chi connectivity index (χ2v) is 4.96. The van der Waals surface area contributed by atoms with Crippen molar-refractivity contribution >= 4 is 15.9 Å². The van der Waals surface area contributed by atoms with Crippen molar-refractivity contribution in [2.45, 2.75) is 45.7 Å². The highest BCUT2D eigenvalue weighted by Crippen LogP contribution is 2.24. The third-order valence-corrected chi connectivity index (χ3v) is 3.15. The molecule has 0 aliphatic carbocycles. The Balaban J connectivity index is 2.54. The highest BCUT2D eigenvalue weighted by atomic mass is 79.9. The van der Waals surface area contributed by atoms with E-state index in [2.05, 4.69) is 34.9 Å². The summed E-state index contributed by atoms with van der Waals surface area (Å²) < 4.78 is 8.44. The van der Waals surface area contributed by atoms with Gasteiger partial charge in [0.05, 0.1) is 22.4 Å². The van der Waals surface area contributed by atoms with Gasteiger partial charge in [-0.3, -0.25) is 4.68 Å². The predicted octanol–water partition coefficient (Wildman–Crippen LogP) is 2.87. The second-order valence-electron chi connectivity index (χ2n) is 4.11. The van der Waals surface area contributed by atoms with E-state index >= 15 is 0 Å². The van der Waals surface area contributed by atoms with Crippen molar-refractivity contribution in [3.63, 3.8) is 0 Å². The molecule has 0 fully saturated rings. The van der Waals surface area contributed by atoms with E-state index < -0.39 is 0 Å². The molecule has 5 heteroatoms. The van der Waals surface area contributed by atoms with Crippen LogP contribution < -0.4 is 5.73 Å². The van der Waals surface area contributed by atoms with Crippen molar-refractivity contribution in [2.24, 2.45) is 5.73 Å². The minimum Gasteiger partial charge on any atom is -0.381 e. The largest absolute Gasteiger partial charge is 0.381 e. The van der Waals surface area contributed by atoms with Crippen LogP contribution in [0.2, 0.25) is 0 Å². The van der Waals surface area contributed by atoms with Gasteiger partial charge >= 0.3 is 0 Å². The van der Waals surface area contributed by atoms with E-state index in [1.807, 2.05) is 10.9 Å². The zero-order valence-corrected chi connectivity index (χ0v) is 12.2. The SMILES string of the molecule is CCCOCCC(N)c1c(Br)cnn1CCC. The lowest BCUT2D eigenvalue weighted by Crippen LogP contribution is -2.19. The van der Waals surface area contributed by atoms with Crippen LogP contribution in [0.4, 0.5) is 0 Å². The van der Waals surface area contributed by atoms with Crippen LogP contribution >= 0.6 is 15.9 Å². The Bertz CT molecular complexity index is 328. The molecule has 4 nitrogen and oxygen atoms in total. The first kappa shape index (κ1) is 14.7. The fourth-order valence-electron chi connectivity index (χ4n) is 1.72. The van der Waals surface area contributed by atoms with Crippen LogP contribution in [0.3, 0.4) is 0 Å². The zero-order chi connectivity index (χ0) is 12.7. The lowest BCUT2D eigenvalue weighted by molar-refractivity contribution is 0.127. The molecule has 1 atom stereocenters. The maximum Gasteiger partial charge on any atom is 0.0694 e. The molecule has 98 valence electrons. The molecule has 0 aliphatic rings. The fraction of sp³-hybridized carbons (Fsp3) is 0.750. The summed E-state index contributed by atoms with van der Waals surface area (Å²) in [6, 6.07) is -0.0183. The van der Waals surface area contributed by atoms with Gasteiger partial charge in [-0.05, 0) is 35.2 Å². The highest BCUT2D eigenvalue weighted by molar-refractivity contribution is 9.10. The van der Waals surface area contributed by atoms with E-state index in [1.165, 1.54) is 0 Å². The molecule has 1 aromatic heterocycles. The molecule has 0 radical (unpaired) electrons. The summed E-state index contributed by atoms with van der Waals surface area (Å²) in [7, 11) is 0. The zero-order valence-electron chi connectivity index (χ0n) is 10.7. The molecule has 0 saturated heterocycles. The first-order chi connectivity index (χ1) is 8.20. The van der Waals surface area contributed by atoms with Gasteiger partial charge < -0.3 is 10.5 Å². The lowest BCUT2D eigenvalue weighted by atomic mass is 10.1. The molecule has 1 unspecified atom stereocenters. The molecule has 0 spiro atoms. The Kier molecular flexibility index (Phi) is 6.77. The number of nitrogens with zero attached hydrogens (tertiary/aromatic N) is 2. The summed E-state index contributed by atoms with van der Waals surface area (Å²) in [5.74, 6) is 0. The van der Waals surface area contributed by atoms with Gasteiger partial charge in [0.25, 0.3) is 0 Å². The smallest absolute Gasteiger partial charge is 0.0694 e. The van der Waals surface area contributed by atoms with Gasteiger partial charge in [-0.15, -0.1) is 0 Å². The van der Waals surface area contributed by atoms with E-state index in [4.69, 9.17) is 10.5 Å². The van der Waals surface area contributed by atoms with Gasteiger partial charge in [0, 0.05) is 19.8 Å². The summed E-state index contributed by atoms with van der Waals surface area (Å²) in [4.78, 5) is 0. The number of hydrogen-bond acceptors (Lipinski definition) is 3. The standard InChI is InChI=1S/C12H22BrN3O/c1-3-6-16-12(10(13)9-15-16)11(14)5-8-17-7-4-2/h9,11H,3-8,14H2,1-2H3. The molecule has 0 saturated carbocycles. The number of hydrogen-bond donors (Lipinski definition) is 1. The van der Waals surface area contributed by atoms with E-state index in [0.717, 1.165) is 42.6 Å². The minimum absolute atomic E-state index is 0.0183. The average Bonchev–Trinajstić information content (AvgIpc) is 2.66. The third-order valence-electron chi connectivity index (χ3n) is 2.54. The monoisotopic (exact) mass is 303 g/mol. The summed E-state index contributed by atoms with van der Waals surface area (Å²) >= 11 is 3.51. The molecular weight excluding hydrogens is 282 g/mol. The normalized spacial score (nSPS) is 12.9. The molecule has 1 rings (SSSR count). The number of aryl methyl sites for hydroxylation is 1. The van der Waals surface area contributed by atoms with Crippen LogP contribution in [0.5, 0.6) is 0 Å². The third kappa shape index (κ3) is 4.41. The topological polar surface area (TPSA) is 53.1 Å². The summed E-state index contributed by atoms with van der Waals surface area (Å²) in [5.41, 5.74) is 7.26. The van der Waals surface area contributed by atoms with Gasteiger partial charge in [-0.1, -0.05) is 13.8 Å². The van der Waals surface area contributed by atoms with E-state index in [9.17, 15) is 0 Å². The number of rotatable bonds is 8. The number of ether oxygens (including phenoxy) is 1. The van der Waals surface area contributed by atoms with Crippen LogP contribution in [0.25, 0.3) is 0 Å². The molecule has 0 bridgehead atoms. The molecule has 17 heavy (non-hydrogen) atoms. The van der Waals surface area contributed by atoms with Crippen LogP contribution in [-0.4, -0.2) is 23.0 Å². The Morgan fingerprint density at radius 2 is 2.18 bits per heavy atom. The van der Waals surface area contributed by atoms with Crippen molar-refractivity contribution in [1.82, 2.24) is 9.78 Å². The van der Waals surface area contributed by atoms with Gasteiger partial charge in [0.1, 0.15) is 0 Å². The summed E-state index contributed by atoms with van der Waals surface area (Å²) in [5, 5.41) is 4.32. The maximum absolute atomic E-state index is 6.18. The molecule has 0 amide bonds. The Morgan fingerprint density at radius 3 is 2.82 bits per heavy atom. The van der Waals surface area contributed by atoms with E-state index in [1.54, 1.807) is 0 Å². The molecule has 0 aliphatic heterocycles. The number of aromatic nitrogens is 2. The molecule has 1 heterocycles. The van der Waals surface area contributed by atoms with E-state index in [-0.39, 0.29) is 6.04 Å². The van der Waals surface area contributed by atoms with Crippen molar-refractivity contribution in [3.8, 4) is 0 Å². The van der Waals surface area contributed by atoms with Gasteiger partial charge in [0.15, 0.2) is 0 Å². The highest BCUT2D eigenvalue weighted by Gasteiger charge is 2.15. The van der Waals surface area contributed by atoms with Gasteiger partial charge in [-0.25, -0.2) is 0 Å². The molecule has 0 aromatic carbocycles. The Morgan fingerprint density at radius 1 is 1.41 bits per heavy atom. The van der Waals surface area contributed by atoms with E-state index in [0.29, 0.717) is 6.61 Å². The van der Waals surface area contributed by atoms with Gasteiger partial charge in [0.2, 0.25) is 0 Å². The lowest BCUT2D eigenvalue weighted by Gasteiger charge is -2.14. The van der Waals surface area contributed by atoms with Crippen LogP contribution in [0.15, 0.2) is 10.7 Å². The molecule has 2 N–H and O–H groups in total. The summed E-state index contributed by atoms with van der Waals surface area (Å²) in [6.07, 6.45) is 4.75. The second kappa shape index (κ2) is 7.84. The molecule has 1 aromatic rings. The summed E-state index contributed by atoms with van der Waals surface area (Å²) in [6.45, 7) is 6.66. The number of halogens is 1. The average molecular weight is 304 g/mol. The fourth-order valence-corrected chi connectivity index (χ4v) is 2.31. The van der Waals surface area contributed by atoms with Crippen LogP contribution in [0.1, 0.15) is 44.8 Å². The van der Waals surface area contributed by atoms with Crippen molar-refractivity contribution in [3.05, 3.63) is 16.4 Å². The first-order valence-corrected chi connectivity index (χ1v) is 7.04. The van der Waals surface area contributed by atoms with Gasteiger partial charge in [-0.2, -0.15) is 5.10 Å². The maximum atomic E-state index is 6.18. The predicted molar refractivity (Wildman–Crippen MR) is 72.9 cm³/mol. The Labute approximate surface area is 112 Å². The minimum atomic E-state index is -0.0183. The first-order valence-electron chi connectivity index (χ1n) is 6.25. The van der Waals surface area contributed by atoms with Crippen molar-refractivity contribution < 1.29 is 4.74 Å². The van der Waals surface area contributed by atoms with Crippen molar-refractivity contribution in [1.29, 1.82) is 0 Å². The van der Waals surface area contributed by atoms with Crippen LogP contribution in [-0.2, 0) is 11.3 Å². The quantitative estimate of drug-likeness (QED) is 0.751. The molecular formula is C12H22BrN3O.